The Labute approximate surface area is 149 Å². The van der Waals surface area contributed by atoms with Crippen LogP contribution in [-0.2, 0) is 16.0 Å². The van der Waals surface area contributed by atoms with Crippen LogP contribution in [-0.4, -0.2) is 30.1 Å². The van der Waals surface area contributed by atoms with Gasteiger partial charge in [-0.15, -0.1) is 0 Å². The molecule has 1 amide bonds. The zero-order valence-corrected chi connectivity index (χ0v) is 15.0. The molecule has 0 radical (unpaired) electrons. The summed E-state index contributed by atoms with van der Waals surface area (Å²) in [6.45, 7) is 2.37. The first-order valence-corrected chi connectivity index (χ1v) is 9.29. The van der Waals surface area contributed by atoms with Crippen LogP contribution in [0.2, 0.25) is 0 Å². The first kappa shape index (κ1) is 19.3. The third-order valence-corrected chi connectivity index (χ3v) is 4.95. The predicted molar refractivity (Wildman–Crippen MR) is 96.6 cm³/mol. The molecule has 1 aromatic carbocycles. The van der Waals surface area contributed by atoms with E-state index in [1.807, 2.05) is 12.1 Å². The number of amides is 1. The lowest BCUT2D eigenvalue weighted by atomic mass is 9.91. The number of carboxylic acid groups (broad SMARTS) is 1. The van der Waals surface area contributed by atoms with E-state index in [9.17, 15) is 9.59 Å². The molecule has 1 aromatic rings. The Morgan fingerprint density at radius 3 is 2.52 bits per heavy atom. The second kappa shape index (κ2) is 10.1. The summed E-state index contributed by atoms with van der Waals surface area (Å²) in [5.74, 6) is 0.590. The highest BCUT2D eigenvalue weighted by atomic mass is 16.5. The number of carbonyl (C=O) groups excluding carboxylic acids is 1. The fourth-order valence-electron chi connectivity index (χ4n) is 3.48. The van der Waals surface area contributed by atoms with Crippen LogP contribution in [0.4, 0.5) is 0 Å². The molecular weight excluding hydrogens is 318 g/mol. The van der Waals surface area contributed by atoms with E-state index in [4.69, 9.17) is 9.84 Å². The fraction of sp³-hybridized carbons (Fsp3) is 0.600. The average Bonchev–Trinajstić information content (AvgIpc) is 3.12. The summed E-state index contributed by atoms with van der Waals surface area (Å²) in [6.07, 6.45) is 7.87. The molecule has 5 heteroatoms. The monoisotopic (exact) mass is 347 g/mol. The minimum Gasteiger partial charge on any atom is -0.482 e. The molecule has 0 heterocycles. The Kier molecular flexibility index (Phi) is 7.76. The van der Waals surface area contributed by atoms with E-state index < -0.39 is 5.97 Å². The number of benzene rings is 1. The molecule has 25 heavy (non-hydrogen) atoms. The molecule has 2 N–H and O–H groups in total. The van der Waals surface area contributed by atoms with Gasteiger partial charge in [0.25, 0.3) is 0 Å². The summed E-state index contributed by atoms with van der Waals surface area (Å²) < 4.78 is 5.11. The van der Waals surface area contributed by atoms with E-state index in [0.717, 1.165) is 30.7 Å². The van der Waals surface area contributed by atoms with Crippen LogP contribution in [0.25, 0.3) is 0 Å². The van der Waals surface area contributed by atoms with E-state index in [1.54, 1.807) is 12.1 Å². The normalized spacial score (nSPS) is 15.7. The molecule has 138 valence electrons. The van der Waals surface area contributed by atoms with Crippen molar-refractivity contribution in [1.82, 2.24) is 5.32 Å². The Morgan fingerprint density at radius 1 is 1.24 bits per heavy atom. The van der Waals surface area contributed by atoms with Gasteiger partial charge in [0.15, 0.2) is 6.61 Å². The van der Waals surface area contributed by atoms with Gasteiger partial charge < -0.3 is 15.2 Å². The maximum atomic E-state index is 12.4. The van der Waals surface area contributed by atoms with Crippen LogP contribution in [0.15, 0.2) is 24.3 Å². The zero-order chi connectivity index (χ0) is 18.1. The van der Waals surface area contributed by atoms with Crippen molar-refractivity contribution >= 4 is 11.9 Å². The molecule has 5 nitrogen and oxygen atoms in total. The van der Waals surface area contributed by atoms with Gasteiger partial charge in [0.1, 0.15) is 5.75 Å². The number of aliphatic carboxylic acids is 1. The first-order chi connectivity index (χ1) is 12.1. The summed E-state index contributed by atoms with van der Waals surface area (Å²) in [6, 6.07) is 7.32. The molecule has 0 bridgehead atoms. The Bertz CT molecular complexity index is 549. The van der Waals surface area contributed by atoms with Crippen molar-refractivity contribution in [1.29, 1.82) is 0 Å². The topological polar surface area (TPSA) is 75.6 Å². The van der Waals surface area contributed by atoms with Gasteiger partial charge in [-0.05, 0) is 42.9 Å². The standard InChI is InChI=1S/C20H29NO4/c1-2-17(13-16-5-3-4-6-16)20(24)21-12-11-15-7-9-18(10-8-15)25-14-19(22)23/h7-10,16-17H,2-6,11-14H2,1H3,(H,21,24)(H,22,23). The van der Waals surface area contributed by atoms with Gasteiger partial charge in [-0.2, -0.15) is 0 Å². The van der Waals surface area contributed by atoms with Gasteiger partial charge in [-0.3, -0.25) is 4.79 Å². The third kappa shape index (κ3) is 6.77. The fourth-order valence-corrected chi connectivity index (χ4v) is 3.48. The van der Waals surface area contributed by atoms with Gasteiger partial charge in [0.05, 0.1) is 0 Å². The third-order valence-electron chi connectivity index (χ3n) is 4.95. The Morgan fingerprint density at radius 2 is 1.92 bits per heavy atom. The molecule has 1 aliphatic rings. The molecule has 1 unspecified atom stereocenters. The molecule has 0 spiro atoms. The smallest absolute Gasteiger partial charge is 0.341 e. The summed E-state index contributed by atoms with van der Waals surface area (Å²) in [5.41, 5.74) is 1.09. The van der Waals surface area contributed by atoms with Crippen molar-refractivity contribution in [3.05, 3.63) is 29.8 Å². The van der Waals surface area contributed by atoms with Crippen molar-refractivity contribution in [3.8, 4) is 5.75 Å². The summed E-state index contributed by atoms with van der Waals surface area (Å²) in [5, 5.41) is 11.6. The van der Waals surface area contributed by atoms with Crippen LogP contribution >= 0.6 is 0 Å². The first-order valence-electron chi connectivity index (χ1n) is 9.29. The van der Waals surface area contributed by atoms with Crippen molar-refractivity contribution < 1.29 is 19.4 Å². The summed E-state index contributed by atoms with van der Waals surface area (Å²) in [4.78, 5) is 22.8. The molecule has 1 saturated carbocycles. The van der Waals surface area contributed by atoms with Crippen molar-refractivity contribution in [2.24, 2.45) is 11.8 Å². The van der Waals surface area contributed by atoms with Gasteiger partial charge in [-0.25, -0.2) is 4.79 Å². The highest BCUT2D eigenvalue weighted by Gasteiger charge is 2.23. The number of carbonyl (C=O) groups is 2. The molecule has 2 rings (SSSR count). The minimum atomic E-state index is -0.991. The molecule has 1 fully saturated rings. The summed E-state index contributed by atoms with van der Waals surface area (Å²) >= 11 is 0. The van der Waals surface area contributed by atoms with Crippen molar-refractivity contribution in [3.63, 3.8) is 0 Å². The second-order valence-electron chi connectivity index (χ2n) is 6.86. The van der Waals surface area contributed by atoms with Crippen molar-refractivity contribution in [2.75, 3.05) is 13.2 Å². The van der Waals surface area contributed by atoms with E-state index in [2.05, 4.69) is 12.2 Å². The number of ether oxygens (including phenoxy) is 1. The maximum Gasteiger partial charge on any atom is 0.341 e. The lowest BCUT2D eigenvalue weighted by Crippen LogP contribution is -2.32. The van der Waals surface area contributed by atoms with Gasteiger partial charge in [-0.1, -0.05) is 44.7 Å². The van der Waals surface area contributed by atoms with E-state index in [-0.39, 0.29) is 18.4 Å². The lowest BCUT2D eigenvalue weighted by Gasteiger charge is -2.18. The number of rotatable bonds is 10. The van der Waals surface area contributed by atoms with Gasteiger partial charge in [0, 0.05) is 12.5 Å². The van der Waals surface area contributed by atoms with E-state index in [0.29, 0.717) is 12.3 Å². The van der Waals surface area contributed by atoms with Crippen LogP contribution in [0.3, 0.4) is 0 Å². The maximum absolute atomic E-state index is 12.4. The van der Waals surface area contributed by atoms with E-state index >= 15 is 0 Å². The number of hydrogen-bond donors (Lipinski definition) is 2. The molecule has 0 aromatic heterocycles. The van der Waals surface area contributed by atoms with Gasteiger partial charge in [0.2, 0.25) is 5.91 Å². The SMILES string of the molecule is CCC(CC1CCCC1)C(=O)NCCc1ccc(OCC(=O)O)cc1. The Hall–Kier alpha value is -2.04. The largest absolute Gasteiger partial charge is 0.482 e. The predicted octanol–water partition coefficient (Wildman–Crippen LogP) is 3.42. The number of hydrogen-bond acceptors (Lipinski definition) is 3. The molecule has 0 saturated heterocycles. The number of nitrogens with one attached hydrogen (secondary N) is 1. The van der Waals surface area contributed by atoms with Crippen LogP contribution in [0.5, 0.6) is 5.75 Å². The molecule has 1 aliphatic carbocycles. The second-order valence-corrected chi connectivity index (χ2v) is 6.86. The summed E-state index contributed by atoms with van der Waals surface area (Å²) in [7, 11) is 0. The minimum absolute atomic E-state index is 0.134. The van der Waals surface area contributed by atoms with Crippen LogP contribution < -0.4 is 10.1 Å². The molecule has 0 aliphatic heterocycles. The van der Waals surface area contributed by atoms with Crippen molar-refractivity contribution in [2.45, 2.75) is 51.9 Å². The average molecular weight is 347 g/mol. The number of carboxylic acids is 1. The molecule has 1 atom stereocenters. The lowest BCUT2D eigenvalue weighted by molar-refractivity contribution is -0.139. The van der Waals surface area contributed by atoms with Crippen LogP contribution in [0.1, 0.15) is 51.0 Å². The highest BCUT2D eigenvalue weighted by Crippen LogP contribution is 2.31. The van der Waals surface area contributed by atoms with Gasteiger partial charge >= 0.3 is 5.97 Å². The Balaban J connectivity index is 1.71. The highest BCUT2D eigenvalue weighted by molar-refractivity contribution is 5.78. The zero-order valence-electron chi connectivity index (χ0n) is 15.0. The van der Waals surface area contributed by atoms with E-state index in [1.165, 1.54) is 25.7 Å². The van der Waals surface area contributed by atoms with Crippen LogP contribution in [0, 0.1) is 11.8 Å². The molecular formula is C20H29NO4. The quantitative estimate of drug-likeness (QED) is 0.680.